The largest absolute Gasteiger partial charge is 0.382 e. The second-order valence-electron chi connectivity index (χ2n) is 5.77. The Morgan fingerprint density at radius 2 is 1.69 bits per heavy atom. The van der Waals surface area contributed by atoms with E-state index in [1.165, 1.54) is 0 Å². The van der Waals surface area contributed by atoms with Gasteiger partial charge in [0.05, 0.1) is 26.9 Å². The zero-order valence-corrected chi connectivity index (χ0v) is 15.0. The Kier molecular flexibility index (Phi) is 4.55. The predicted octanol–water partition coefficient (Wildman–Crippen LogP) is 5.08. The number of halogens is 2. The molecule has 0 unspecified atom stereocenters. The summed E-state index contributed by atoms with van der Waals surface area (Å²) in [7, 11) is 0. The molecule has 0 bridgehead atoms. The Morgan fingerprint density at radius 1 is 0.885 bits per heavy atom. The number of hydrogen-bond donors (Lipinski definition) is 1. The van der Waals surface area contributed by atoms with Crippen molar-refractivity contribution in [3.8, 4) is 11.3 Å². The number of aliphatic hydroxyl groups is 1. The molecule has 1 aromatic carbocycles. The van der Waals surface area contributed by atoms with E-state index >= 15 is 0 Å². The molecule has 0 aliphatic heterocycles. The lowest BCUT2D eigenvalue weighted by atomic mass is 10.0. The van der Waals surface area contributed by atoms with Crippen molar-refractivity contribution in [2.24, 2.45) is 0 Å². The van der Waals surface area contributed by atoms with Gasteiger partial charge in [0.15, 0.2) is 0 Å². The highest BCUT2D eigenvalue weighted by Gasteiger charge is 2.18. The molecule has 0 amide bonds. The number of pyridine rings is 3. The summed E-state index contributed by atoms with van der Waals surface area (Å²) in [5.74, 6) is 0. The molecule has 128 valence electrons. The molecule has 6 heteroatoms. The molecule has 4 aromatic rings. The zero-order valence-electron chi connectivity index (χ0n) is 13.5. The van der Waals surface area contributed by atoms with Crippen LogP contribution in [-0.4, -0.2) is 20.1 Å². The highest BCUT2D eigenvalue weighted by molar-refractivity contribution is 6.42. The van der Waals surface area contributed by atoms with Crippen molar-refractivity contribution in [1.82, 2.24) is 15.0 Å². The van der Waals surface area contributed by atoms with E-state index < -0.39 is 6.10 Å². The molecule has 0 aliphatic carbocycles. The third-order valence-electron chi connectivity index (χ3n) is 4.12. The molecule has 1 N–H and O–H groups in total. The first kappa shape index (κ1) is 16.9. The van der Waals surface area contributed by atoms with Gasteiger partial charge in [-0.3, -0.25) is 9.97 Å². The minimum atomic E-state index is -0.960. The van der Waals surface area contributed by atoms with Crippen LogP contribution >= 0.6 is 23.2 Å². The molecule has 0 saturated heterocycles. The average molecular weight is 382 g/mol. The Hall–Kier alpha value is -2.53. The summed E-state index contributed by atoms with van der Waals surface area (Å²) in [6.07, 6.45) is 4.16. The molecule has 0 aliphatic rings. The van der Waals surface area contributed by atoms with Crippen molar-refractivity contribution in [1.29, 1.82) is 0 Å². The molecule has 26 heavy (non-hydrogen) atoms. The third-order valence-corrected chi connectivity index (χ3v) is 4.86. The van der Waals surface area contributed by atoms with Crippen molar-refractivity contribution < 1.29 is 5.11 Å². The van der Waals surface area contributed by atoms with Crippen molar-refractivity contribution in [2.45, 2.75) is 6.10 Å². The molecule has 1 atom stereocenters. The van der Waals surface area contributed by atoms with Crippen LogP contribution in [0.1, 0.15) is 17.4 Å². The topological polar surface area (TPSA) is 58.9 Å². The number of hydrogen-bond acceptors (Lipinski definition) is 4. The normalized spacial score (nSPS) is 12.3. The fraction of sp³-hybridized carbons (Fsp3) is 0.0500. The molecule has 4 nitrogen and oxygen atoms in total. The number of rotatable bonds is 3. The van der Waals surface area contributed by atoms with Gasteiger partial charge in [-0.05, 0) is 48.0 Å². The number of fused-ring (bicyclic) bond motifs is 1. The summed E-state index contributed by atoms with van der Waals surface area (Å²) in [6, 6.07) is 14.4. The summed E-state index contributed by atoms with van der Waals surface area (Å²) in [5, 5.41) is 12.6. The van der Waals surface area contributed by atoms with Crippen molar-refractivity contribution in [3.63, 3.8) is 0 Å². The summed E-state index contributed by atoms with van der Waals surface area (Å²) < 4.78 is 0. The third kappa shape index (κ3) is 3.15. The predicted molar refractivity (Wildman–Crippen MR) is 103 cm³/mol. The van der Waals surface area contributed by atoms with E-state index in [0.717, 1.165) is 16.5 Å². The average Bonchev–Trinajstić information content (AvgIpc) is 2.69. The van der Waals surface area contributed by atoms with Gasteiger partial charge in [-0.25, -0.2) is 4.98 Å². The first-order valence-electron chi connectivity index (χ1n) is 7.92. The number of benzene rings is 1. The highest BCUT2D eigenvalue weighted by Crippen LogP contribution is 2.32. The van der Waals surface area contributed by atoms with E-state index in [0.29, 0.717) is 27.0 Å². The molecular formula is C20H13Cl2N3O. The Balaban J connectivity index is 1.91. The van der Waals surface area contributed by atoms with E-state index in [1.807, 2.05) is 30.3 Å². The van der Waals surface area contributed by atoms with E-state index in [4.69, 9.17) is 28.2 Å². The van der Waals surface area contributed by atoms with Crippen LogP contribution < -0.4 is 0 Å². The lowest BCUT2D eigenvalue weighted by Crippen LogP contribution is -2.05. The second-order valence-corrected chi connectivity index (χ2v) is 6.59. The monoisotopic (exact) mass is 381 g/mol. The van der Waals surface area contributed by atoms with Crippen molar-refractivity contribution >= 4 is 34.1 Å². The number of aromatic nitrogens is 3. The Bertz CT molecular complexity index is 1090. The maximum Gasteiger partial charge on any atom is 0.122 e. The fourth-order valence-electron chi connectivity index (χ4n) is 2.82. The zero-order chi connectivity index (χ0) is 18.1. The number of nitrogens with zero attached hydrogens (tertiary/aromatic N) is 3. The Morgan fingerprint density at radius 3 is 2.46 bits per heavy atom. The van der Waals surface area contributed by atoms with Gasteiger partial charge < -0.3 is 5.11 Å². The van der Waals surface area contributed by atoms with Crippen LogP contribution in [0.25, 0.3) is 22.2 Å². The van der Waals surface area contributed by atoms with Gasteiger partial charge in [-0.2, -0.15) is 0 Å². The van der Waals surface area contributed by atoms with Gasteiger partial charge >= 0.3 is 0 Å². The van der Waals surface area contributed by atoms with Gasteiger partial charge in [-0.1, -0.05) is 29.3 Å². The van der Waals surface area contributed by atoms with E-state index in [1.54, 1.807) is 36.8 Å². The maximum absolute atomic E-state index is 11.0. The lowest BCUT2D eigenvalue weighted by molar-refractivity contribution is 0.217. The number of aliphatic hydroxyl groups excluding tert-OH is 1. The first-order valence-corrected chi connectivity index (χ1v) is 8.68. The summed E-state index contributed by atoms with van der Waals surface area (Å²) in [4.78, 5) is 13.2. The molecular weight excluding hydrogens is 369 g/mol. The first-order chi connectivity index (χ1) is 12.6. The molecule has 3 aromatic heterocycles. The van der Waals surface area contributed by atoms with E-state index in [-0.39, 0.29) is 0 Å². The molecule has 4 rings (SSSR count). The van der Waals surface area contributed by atoms with Crippen molar-refractivity contribution in [3.05, 3.63) is 88.4 Å². The Labute approximate surface area is 160 Å². The summed E-state index contributed by atoms with van der Waals surface area (Å²) in [5.41, 5.74) is 3.50. The van der Waals surface area contributed by atoms with Gasteiger partial charge in [0.25, 0.3) is 0 Å². The minimum absolute atomic E-state index is 0.385. The van der Waals surface area contributed by atoms with E-state index in [9.17, 15) is 5.11 Å². The van der Waals surface area contributed by atoms with Crippen LogP contribution in [0.3, 0.4) is 0 Å². The second kappa shape index (κ2) is 7.00. The molecule has 0 spiro atoms. The van der Waals surface area contributed by atoms with Crippen LogP contribution in [0.5, 0.6) is 0 Å². The summed E-state index contributed by atoms with van der Waals surface area (Å²) in [6.45, 7) is 0. The van der Waals surface area contributed by atoms with E-state index in [2.05, 4.69) is 9.97 Å². The standard InChI is InChI=1S/C20H13Cl2N3O/c21-15-4-3-13(10-16(15)22)20(26)19-14-2-1-7-24-18(14)11-17(25-19)12-5-8-23-9-6-12/h1-11,20,26H/t20-/m1/s1. The van der Waals surface area contributed by atoms with Gasteiger partial charge in [0.2, 0.25) is 0 Å². The van der Waals surface area contributed by atoms with Crippen LogP contribution in [0.2, 0.25) is 10.0 Å². The molecule has 0 fully saturated rings. The van der Waals surface area contributed by atoms with Gasteiger partial charge in [-0.15, -0.1) is 0 Å². The SMILES string of the molecule is O[C@H](c1ccc(Cl)c(Cl)c1)c1nc(-c2ccncc2)cc2ncccc12. The van der Waals surface area contributed by atoms with Crippen LogP contribution in [0.15, 0.2) is 67.1 Å². The molecule has 3 heterocycles. The molecule has 0 saturated carbocycles. The smallest absolute Gasteiger partial charge is 0.122 e. The minimum Gasteiger partial charge on any atom is -0.382 e. The molecule has 0 radical (unpaired) electrons. The lowest BCUT2D eigenvalue weighted by Gasteiger charge is -2.15. The van der Waals surface area contributed by atoms with Gasteiger partial charge in [0.1, 0.15) is 6.10 Å². The quantitative estimate of drug-likeness (QED) is 0.537. The maximum atomic E-state index is 11.0. The van der Waals surface area contributed by atoms with Crippen LogP contribution in [0.4, 0.5) is 0 Å². The van der Waals surface area contributed by atoms with Gasteiger partial charge in [0, 0.05) is 29.5 Å². The van der Waals surface area contributed by atoms with Crippen LogP contribution in [0, 0.1) is 0 Å². The van der Waals surface area contributed by atoms with Crippen LogP contribution in [-0.2, 0) is 0 Å². The highest BCUT2D eigenvalue weighted by atomic mass is 35.5. The fourth-order valence-corrected chi connectivity index (χ4v) is 3.13. The summed E-state index contributed by atoms with van der Waals surface area (Å²) >= 11 is 12.1. The van der Waals surface area contributed by atoms with Crippen molar-refractivity contribution in [2.75, 3.05) is 0 Å².